The topological polar surface area (TPSA) is 136 Å². The van der Waals surface area contributed by atoms with Crippen molar-refractivity contribution in [3.05, 3.63) is 48.0 Å². The number of ether oxygens (including phenoxy) is 4. The molecule has 0 aromatic heterocycles. The summed E-state index contributed by atoms with van der Waals surface area (Å²) in [5, 5.41) is 14.9. The van der Waals surface area contributed by atoms with Gasteiger partial charge in [-0.1, -0.05) is 19.3 Å². The van der Waals surface area contributed by atoms with E-state index in [1.165, 1.54) is 25.3 Å². The molecule has 0 unspecified atom stereocenters. The quantitative estimate of drug-likeness (QED) is 0.480. The normalized spacial score (nSPS) is 14.0. The second-order valence-electron chi connectivity index (χ2n) is 8.31. The number of nitrogens with zero attached hydrogens (tertiary/aromatic N) is 1. The lowest BCUT2D eigenvalue weighted by atomic mass is 9.83. The minimum absolute atomic E-state index is 0.141. The maximum Gasteiger partial charge on any atom is 0.338 e. The summed E-state index contributed by atoms with van der Waals surface area (Å²) in [7, 11) is 2.95. The van der Waals surface area contributed by atoms with E-state index in [1.54, 1.807) is 31.4 Å². The first-order valence-electron chi connectivity index (χ1n) is 11.5. The van der Waals surface area contributed by atoms with Gasteiger partial charge in [-0.3, -0.25) is 9.59 Å². The van der Waals surface area contributed by atoms with Gasteiger partial charge in [0.1, 0.15) is 11.3 Å². The van der Waals surface area contributed by atoms with Crippen LogP contribution in [0.5, 0.6) is 17.2 Å². The van der Waals surface area contributed by atoms with E-state index in [9.17, 15) is 19.6 Å². The predicted octanol–water partition coefficient (Wildman–Crippen LogP) is 3.22. The number of nitriles is 1. The van der Waals surface area contributed by atoms with Crippen molar-refractivity contribution in [3.8, 4) is 23.3 Å². The average molecular weight is 496 g/mol. The van der Waals surface area contributed by atoms with Crippen LogP contribution in [-0.4, -0.2) is 50.8 Å². The standard InChI is InChI=1S/C26H29N3O7/c1-33-20-9-7-19(8-10-20)28-23(30)15-35-21-11-6-18(14-22(21)34-2)25(32)36-16-24(31)29-26(17-27)12-4-3-5-13-26/h6-11,14H,3-5,12-13,15-16H2,1-2H3,(H,28,30)(H,29,31). The number of nitrogens with one attached hydrogen (secondary N) is 2. The zero-order chi connectivity index (χ0) is 26.0. The van der Waals surface area contributed by atoms with Gasteiger partial charge in [0.25, 0.3) is 11.8 Å². The third kappa shape index (κ3) is 7.12. The van der Waals surface area contributed by atoms with Gasteiger partial charge in [0.05, 0.1) is 25.9 Å². The van der Waals surface area contributed by atoms with E-state index in [1.807, 2.05) is 0 Å². The molecule has 2 N–H and O–H groups in total. The molecule has 190 valence electrons. The smallest absolute Gasteiger partial charge is 0.338 e. The molecule has 2 aromatic rings. The third-order valence-corrected chi connectivity index (χ3v) is 5.77. The highest BCUT2D eigenvalue weighted by Gasteiger charge is 2.33. The van der Waals surface area contributed by atoms with Crippen molar-refractivity contribution in [1.29, 1.82) is 5.26 Å². The lowest BCUT2D eigenvalue weighted by Gasteiger charge is -2.31. The molecule has 2 aromatic carbocycles. The van der Waals surface area contributed by atoms with Crippen LogP contribution in [0.25, 0.3) is 0 Å². The van der Waals surface area contributed by atoms with E-state index in [0.717, 1.165) is 19.3 Å². The van der Waals surface area contributed by atoms with E-state index in [4.69, 9.17) is 18.9 Å². The molecule has 1 saturated carbocycles. The van der Waals surface area contributed by atoms with Crippen LogP contribution < -0.4 is 24.8 Å². The van der Waals surface area contributed by atoms with Crippen molar-refractivity contribution >= 4 is 23.5 Å². The Morgan fingerprint density at radius 3 is 2.28 bits per heavy atom. The Morgan fingerprint density at radius 2 is 1.64 bits per heavy atom. The van der Waals surface area contributed by atoms with E-state index < -0.39 is 24.0 Å². The maximum absolute atomic E-state index is 12.4. The molecule has 36 heavy (non-hydrogen) atoms. The van der Waals surface area contributed by atoms with E-state index in [2.05, 4.69) is 16.7 Å². The fourth-order valence-corrected chi connectivity index (χ4v) is 3.87. The summed E-state index contributed by atoms with van der Waals surface area (Å²) in [5.41, 5.74) is -0.172. The summed E-state index contributed by atoms with van der Waals surface area (Å²) < 4.78 is 21.0. The zero-order valence-electron chi connectivity index (χ0n) is 20.3. The molecular formula is C26H29N3O7. The highest BCUT2D eigenvalue weighted by atomic mass is 16.5. The fourth-order valence-electron chi connectivity index (χ4n) is 3.87. The van der Waals surface area contributed by atoms with Crippen molar-refractivity contribution in [2.24, 2.45) is 0 Å². The summed E-state index contributed by atoms with van der Waals surface area (Å²) in [6.45, 7) is -0.790. The monoisotopic (exact) mass is 495 g/mol. The van der Waals surface area contributed by atoms with E-state index in [-0.39, 0.29) is 29.6 Å². The molecule has 0 spiro atoms. The molecule has 0 heterocycles. The van der Waals surface area contributed by atoms with Crippen molar-refractivity contribution in [2.45, 2.75) is 37.6 Å². The van der Waals surface area contributed by atoms with Gasteiger partial charge in [-0.15, -0.1) is 0 Å². The Balaban J connectivity index is 1.51. The maximum atomic E-state index is 12.4. The molecule has 10 heteroatoms. The van der Waals surface area contributed by atoms with Crippen LogP contribution in [0.4, 0.5) is 5.69 Å². The minimum atomic E-state index is -0.899. The summed E-state index contributed by atoms with van der Waals surface area (Å²) in [6.07, 6.45) is 3.93. The van der Waals surface area contributed by atoms with Crippen LogP contribution >= 0.6 is 0 Å². The van der Waals surface area contributed by atoms with Crippen molar-refractivity contribution in [2.75, 3.05) is 32.8 Å². The molecule has 1 aliphatic carbocycles. The first-order chi connectivity index (χ1) is 17.4. The largest absolute Gasteiger partial charge is 0.497 e. The van der Waals surface area contributed by atoms with Crippen LogP contribution in [0, 0.1) is 11.3 Å². The highest BCUT2D eigenvalue weighted by molar-refractivity contribution is 5.93. The van der Waals surface area contributed by atoms with Crippen LogP contribution in [-0.2, 0) is 14.3 Å². The molecule has 1 aliphatic rings. The number of methoxy groups -OCH3 is 2. The van der Waals surface area contributed by atoms with Crippen molar-refractivity contribution in [1.82, 2.24) is 5.32 Å². The number of benzene rings is 2. The molecule has 3 rings (SSSR count). The third-order valence-electron chi connectivity index (χ3n) is 5.77. The number of carbonyl (C=O) groups excluding carboxylic acids is 3. The van der Waals surface area contributed by atoms with Gasteiger partial charge in [0, 0.05) is 5.69 Å². The Morgan fingerprint density at radius 1 is 0.917 bits per heavy atom. The number of anilines is 1. The van der Waals surface area contributed by atoms with Crippen molar-refractivity contribution < 1.29 is 33.3 Å². The molecule has 0 saturated heterocycles. The van der Waals surface area contributed by atoms with Gasteiger partial charge >= 0.3 is 5.97 Å². The van der Waals surface area contributed by atoms with Crippen molar-refractivity contribution in [3.63, 3.8) is 0 Å². The molecule has 0 atom stereocenters. The average Bonchev–Trinajstić information content (AvgIpc) is 2.91. The lowest BCUT2D eigenvalue weighted by molar-refractivity contribution is -0.126. The summed E-state index contributed by atoms with van der Waals surface area (Å²) in [4.78, 5) is 36.9. The number of hydrogen-bond donors (Lipinski definition) is 2. The minimum Gasteiger partial charge on any atom is -0.497 e. The number of hydrogen-bond acceptors (Lipinski definition) is 8. The molecule has 2 amide bonds. The van der Waals surface area contributed by atoms with Crippen LogP contribution in [0.3, 0.4) is 0 Å². The second-order valence-corrected chi connectivity index (χ2v) is 8.31. The van der Waals surface area contributed by atoms with Gasteiger partial charge in [0.15, 0.2) is 24.7 Å². The predicted molar refractivity (Wildman–Crippen MR) is 130 cm³/mol. The molecule has 0 bridgehead atoms. The molecule has 10 nitrogen and oxygen atoms in total. The Kier molecular flexibility index (Phi) is 9.11. The second kappa shape index (κ2) is 12.4. The molecule has 0 radical (unpaired) electrons. The fraction of sp³-hybridized carbons (Fsp3) is 0.385. The summed E-state index contributed by atoms with van der Waals surface area (Å²) >= 11 is 0. The first kappa shape index (κ1) is 26.3. The Labute approximate surface area is 209 Å². The molecule has 1 fully saturated rings. The van der Waals surface area contributed by atoms with Crippen LogP contribution in [0.2, 0.25) is 0 Å². The van der Waals surface area contributed by atoms with Gasteiger partial charge < -0.3 is 29.6 Å². The van der Waals surface area contributed by atoms with Crippen LogP contribution in [0.1, 0.15) is 42.5 Å². The van der Waals surface area contributed by atoms with E-state index >= 15 is 0 Å². The van der Waals surface area contributed by atoms with Gasteiger partial charge in [-0.05, 0) is 55.3 Å². The molecule has 0 aliphatic heterocycles. The SMILES string of the molecule is COc1ccc(NC(=O)COc2ccc(C(=O)OCC(=O)NC3(C#N)CCCCC3)cc2OC)cc1. The Bertz CT molecular complexity index is 1120. The number of amides is 2. The zero-order valence-corrected chi connectivity index (χ0v) is 20.3. The first-order valence-corrected chi connectivity index (χ1v) is 11.5. The molecular weight excluding hydrogens is 466 g/mol. The number of rotatable bonds is 10. The lowest BCUT2D eigenvalue weighted by Crippen LogP contribution is -2.50. The van der Waals surface area contributed by atoms with Gasteiger partial charge in [0.2, 0.25) is 0 Å². The highest BCUT2D eigenvalue weighted by Crippen LogP contribution is 2.29. The van der Waals surface area contributed by atoms with Gasteiger partial charge in [-0.25, -0.2) is 4.79 Å². The Hall–Kier alpha value is -4.26. The van der Waals surface area contributed by atoms with Gasteiger partial charge in [-0.2, -0.15) is 5.26 Å². The number of esters is 1. The summed E-state index contributed by atoms with van der Waals surface area (Å²) in [5.74, 6) is -0.501. The van der Waals surface area contributed by atoms with Crippen LogP contribution in [0.15, 0.2) is 42.5 Å². The number of carbonyl (C=O) groups is 3. The summed E-state index contributed by atoms with van der Waals surface area (Å²) in [6, 6.07) is 13.3. The van der Waals surface area contributed by atoms with E-state index in [0.29, 0.717) is 24.3 Å².